The summed E-state index contributed by atoms with van der Waals surface area (Å²) in [5, 5.41) is 22.3. The Morgan fingerprint density at radius 3 is 2.29 bits per heavy atom. The van der Waals surface area contributed by atoms with E-state index >= 15 is 0 Å². The molecule has 0 spiro atoms. The Morgan fingerprint density at radius 1 is 1.05 bits per heavy atom. The van der Waals surface area contributed by atoms with Crippen LogP contribution in [0.25, 0.3) is 11.1 Å². The number of primary amides is 1. The van der Waals surface area contributed by atoms with Crippen LogP contribution in [0.3, 0.4) is 0 Å². The van der Waals surface area contributed by atoms with E-state index in [0.29, 0.717) is 28.5 Å². The summed E-state index contributed by atoms with van der Waals surface area (Å²) in [6.07, 6.45) is 0.837. The van der Waals surface area contributed by atoms with E-state index in [9.17, 15) is 39.0 Å². The summed E-state index contributed by atoms with van der Waals surface area (Å²) in [4.78, 5) is 78.6. The molecule has 6 atom stereocenters. The fraction of sp³-hybridized carbons (Fsp3) is 0.357. The topological polar surface area (TPSA) is 172 Å². The summed E-state index contributed by atoms with van der Waals surface area (Å²) < 4.78 is 0. The number of amides is 1. The number of nitrogens with zero attached hydrogens (tertiary/aromatic N) is 1. The van der Waals surface area contributed by atoms with Crippen molar-refractivity contribution in [2.45, 2.75) is 24.5 Å². The molecule has 2 aromatic carbocycles. The molecule has 10 nitrogen and oxygen atoms in total. The zero-order valence-corrected chi connectivity index (χ0v) is 20.7. The minimum absolute atomic E-state index is 0.0247. The molecule has 0 bridgehead atoms. The molecule has 10 heteroatoms. The minimum Gasteiger partial charge on any atom is -0.507 e. The van der Waals surface area contributed by atoms with Crippen LogP contribution in [-0.4, -0.2) is 76.2 Å². The summed E-state index contributed by atoms with van der Waals surface area (Å²) in [6.45, 7) is 0. The van der Waals surface area contributed by atoms with Crippen molar-refractivity contribution in [1.82, 2.24) is 4.90 Å². The van der Waals surface area contributed by atoms with Crippen LogP contribution in [-0.2, 0) is 25.6 Å². The first kappa shape index (κ1) is 25.6. The molecule has 5 rings (SSSR count). The van der Waals surface area contributed by atoms with Gasteiger partial charge in [-0.1, -0.05) is 30.3 Å². The third-order valence-corrected chi connectivity index (χ3v) is 8.30. The molecular formula is C28H26N2O8. The maximum Gasteiger partial charge on any atom is 0.235 e. The zero-order valence-electron chi connectivity index (χ0n) is 20.7. The lowest BCUT2D eigenvalue weighted by atomic mass is 9.52. The molecular weight excluding hydrogens is 492 g/mol. The number of ketones is 4. The summed E-state index contributed by atoms with van der Waals surface area (Å²) >= 11 is 0. The fourth-order valence-electron chi connectivity index (χ4n) is 6.62. The Hall–Kier alpha value is -4.02. The average molecular weight is 519 g/mol. The van der Waals surface area contributed by atoms with Crippen molar-refractivity contribution in [3.8, 4) is 16.9 Å². The quantitative estimate of drug-likeness (QED) is 0.381. The number of carbonyl (C=O) groups excluding carboxylic acids is 6. The van der Waals surface area contributed by atoms with Crippen LogP contribution in [0.2, 0.25) is 0 Å². The Labute approximate surface area is 217 Å². The first-order chi connectivity index (χ1) is 17.9. The molecule has 3 aliphatic rings. The third kappa shape index (κ3) is 3.40. The van der Waals surface area contributed by atoms with E-state index in [4.69, 9.17) is 5.73 Å². The van der Waals surface area contributed by atoms with Gasteiger partial charge in [0.25, 0.3) is 0 Å². The molecule has 2 aromatic rings. The Bertz CT molecular complexity index is 1430. The van der Waals surface area contributed by atoms with Crippen molar-refractivity contribution >= 4 is 35.3 Å². The molecule has 2 fully saturated rings. The molecule has 0 aliphatic heterocycles. The number of hydrogen-bond donors (Lipinski definition) is 3. The number of likely N-dealkylation sites (N-methyl/N-ethyl adjacent to an activating group) is 1. The summed E-state index contributed by atoms with van der Waals surface area (Å²) in [6, 6.07) is 8.48. The van der Waals surface area contributed by atoms with Gasteiger partial charge in [-0.3, -0.25) is 33.7 Å². The standard InChI is InChI=1S/C28H26N2O8/c1-30(2)22-17-10-14-9-16-15(13-5-3-12(11-31)4-6-13)7-8-18(32)20(16)23(33)19(14)25(35)28(17,38)26(36)21(24(22)34)27(29)37/h3-8,11,14,17,19,21-22,32,38H,9-10H2,1-2H3,(H2,29,37)/t14-,17-,19?,21?,22-,28-/m1/s1. The third-order valence-electron chi connectivity index (χ3n) is 8.30. The SMILES string of the molecule is CN(C)[C@H]1C(=O)C(C(N)=O)C(=O)[C@]2(O)C(=O)C3C(=O)c4c(O)ccc(-c5ccc(C=O)cc5)c4C[C@@H]3C[C@H]12. The predicted octanol–water partition coefficient (Wildman–Crippen LogP) is 0.347. The summed E-state index contributed by atoms with van der Waals surface area (Å²) in [7, 11) is 3.07. The monoisotopic (exact) mass is 518 g/mol. The molecule has 1 amide bonds. The summed E-state index contributed by atoms with van der Waals surface area (Å²) in [5.41, 5.74) is 4.78. The van der Waals surface area contributed by atoms with Gasteiger partial charge >= 0.3 is 0 Å². The van der Waals surface area contributed by atoms with Crippen molar-refractivity contribution in [2.24, 2.45) is 29.4 Å². The van der Waals surface area contributed by atoms with Crippen molar-refractivity contribution in [3.05, 3.63) is 53.1 Å². The van der Waals surface area contributed by atoms with Crippen LogP contribution in [0.1, 0.15) is 32.7 Å². The second-order valence-electron chi connectivity index (χ2n) is 10.5. The number of benzene rings is 2. The lowest BCUT2D eigenvalue weighted by Crippen LogP contribution is -2.74. The number of nitrogens with two attached hydrogens (primary N) is 1. The number of fused-ring (bicyclic) bond motifs is 3. The van der Waals surface area contributed by atoms with Gasteiger partial charge in [0.05, 0.1) is 17.5 Å². The normalized spacial score (nSPS) is 30.5. The van der Waals surface area contributed by atoms with Gasteiger partial charge in [0.15, 0.2) is 34.7 Å². The van der Waals surface area contributed by atoms with Crippen LogP contribution < -0.4 is 5.73 Å². The zero-order chi connectivity index (χ0) is 27.7. The largest absolute Gasteiger partial charge is 0.507 e. The maximum atomic E-state index is 13.8. The molecule has 2 unspecified atom stereocenters. The molecule has 2 saturated carbocycles. The fourth-order valence-corrected chi connectivity index (χ4v) is 6.62. The molecule has 0 heterocycles. The molecule has 4 N–H and O–H groups in total. The van der Waals surface area contributed by atoms with E-state index in [2.05, 4.69) is 0 Å². The first-order valence-electron chi connectivity index (χ1n) is 12.2. The summed E-state index contributed by atoms with van der Waals surface area (Å²) in [5.74, 6) is -10.8. The van der Waals surface area contributed by atoms with Crippen LogP contribution in [0.4, 0.5) is 0 Å². The number of phenols is 1. The second kappa shape index (κ2) is 8.78. The van der Waals surface area contributed by atoms with E-state index in [-0.39, 0.29) is 24.2 Å². The van der Waals surface area contributed by atoms with Crippen LogP contribution >= 0.6 is 0 Å². The van der Waals surface area contributed by atoms with E-state index < -0.39 is 64.4 Å². The molecule has 38 heavy (non-hydrogen) atoms. The molecule has 196 valence electrons. The van der Waals surface area contributed by atoms with Gasteiger partial charge in [-0.05, 0) is 55.6 Å². The number of hydrogen-bond acceptors (Lipinski definition) is 9. The Balaban J connectivity index is 1.65. The lowest BCUT2D eigenvalue weighted by Gasteiger charge is -2.52. The van der Waals surface area contributed by atoms with E-state index in [1.165, 1.54) is 25.1 Å². The van der Waals surface area contributed by atoms with Gasteiger partial charge in [-0.2, -0.15) is 0 Å². The number of aromatic hydroxyl groups is 1. The maximum absolute atomic E-state index is 13.8. The number of carbonyl (C=O) groups is 6. The number of phenolic OH excluding ortho intramolecular Hbond substituents is 1. The minimum atomic E-state index is -2.76. The van der Waals surface area contributed by atoms with Gasteiger partial charge < -0.3 is 15.9 Å². The van der Waals surface area contributed by atoms with Gasteiger partial charge in [-0.25, -0.2) is 0 Å². The van der Waals surface area contributed by atoms with E-state index in [1.54, 1.807) is 30.3 Å². The van der Waals surface area contributed by atoms with E-state index in [1.807, 2.05) is 0 Å². The second-order valence-corrected chi connectivity index (χ2v) is 10.5. The van der Waals surface area contributed by atoms with E-state index in [0.717, 1.165) is 0 Å². The van der Waals surface area contributed by atoms with Crippen molar-refractivity contribution in [1.29, 1.82) is 0 Å². The highest BCUT2D eigenvalue weighted by Gasteiger charge is 2.69. The Morgan fingerprint density at radius 2 is 1.71 bits per heavy atom. The predicted molar refractivity (Wildman–Crippen MR) is 132 cm³/mol. The van der Waals surface area contributed by atoms with Gasteiger partial charge in [-0.15, -0.1) is 0 Å². The van der Waals surface area contributed by atoms with Crippen molar-refractivity contribution < 1.29 is 39.0 Å². The van der Waals surface area contributed by atoms with Gasteiger partial charge in [0.1, 0.15) is 12.0 Å². The Kier molecular flexibility index (Phi) is 5.92. The highest BCUT2D eigenvalue weighted by Crippen LogP contribution is 2.51. The lowest BCUT2D eigenvalue weighted by molar-refractivity contribution is -0.181. The number of Topliss-reactive ketones (excluding diaryl/α,β-unsaturated/α-hetero) is 4. The molecule has 0 saturated heterocycles. The van der Waals surface area contributed by atoms with Crippen LogP contribution in [0, 0.1) is 23.7 Å². The van der Waals surface area contributed by atoms with Gasteiger partial charge in [0, 0.05) is 11.5 Å². The molecule has 0 aromatic heterocycles. The first-order valence-corrected chi connectivity index (χ1v) is 12.2. The smallest absolute Gasteiger partial charge is 0.235 e. The van der Waals surface area contributed by atoms with Crippen LogP contribution in [0.15, 0.2) is 36.4 Å². The number of rotatable bonds is 4. The number of aldehydes is 1. The van der Waals surface area contributed by atoms with Gasteiger partial charge in [0.2, 0.25) is 5.91 Å². The number of aliphatic hydroxyl groups is 1. The van der Waals surface area contributed by atoms with Crippen molar-refractivity contribution in [2.75, 3.05) is 14.1 Å². The molecule has 3 aliphatic carbocycles. The molecule has 0 radical (unpaired) electrons. The van der Waals surface area contributed by atoms with Crippen LogP contribution in [0.5, 0.6) is 5.75 Å². The average Bonchev–Trinajstić information content (AvgIpc) is 2.86. The highest BCUT2D eigenvalue weighted by molar-refractivity contribution is 6.32. The van der Waals surface area contributed by atoms with Crippen molar-refractivity contribution in [3.63, 3.8) is 0 Å². The highest BCUT2D eigenvalue weighted by atomic mass is 16.3.